The van der Waals surface area contributed by atoms with Crippen molar-refractivity contribution >= 4 is 5.97 Å². The van der Waals surface area contributed by atoms with Crippen LogP contribution < -0.4 is 5.56 Å². The van der Waals surface area contributed by atoms with E-state index in [4.69, 9.17) is 4.74 Å². The van der Waals surface area contributed by atoms with Crippen LogP contribution in [-0.4, -0.2) is 17.6 Å². The number of hydrogen-bond donors (Lipinski definition) is 0. The molecule has 0 spiro atoms. The summed E-state index contributed by atoms with van der Waals surface area (Å²) >= 11 is 0. The molecule has 2 aromatic rings. The maximum atomic E-state index is 12.1. The van der Waals surface area contributed by atoms with E-state index in [9.17, 15) is 9.59 Å². The molecule has 1 radical (unpaired) electrons. The minimum atomic E-state index is -0.480. The second kappa shape index (κ2) is 5.10. The van der Waals surface area contributed by atoms with E-state index in [1.807, 2.05) is 0 Å². The first kappa shape index (κ1) is 13.1. The first-order valence-corrected chi connectivity index (χ1v) is 5.75. The van der Waals surface area contributed by atoms with Gasteiger partial charge in [-0.3, -0.25) is 4.79 Å². The Morgan fingerprint density at radius 1 is 1.26 bits per heavy atom. The van der Waals surface area contributed by atoms with Crippen LogP contribution in [0.5, 0.6) is 0 Å². The maximum absolute atomic E-state index is 12.1. The van der Waals surface area contributed by atoms with Crippen molar-refractivity contribution in [3.63, 3.8) is 0 Å². The Morgan fingerprint density at radius 3 is 2.68 bits per heavy atom. The zero-order chi connectivity index (χ0) is 14.0. The predicted octanol–water partition coefficient (Wildman–Crippen LogP) is 2.02. The van der Waals surface area contributed by atoms with Crippen molar-refractivity contribution in [2.24, 2.45) is 7.05 Å². The molecule has 0 unspecified atom stereocenters. The monoisotopic (exact) mass is 256 g/mol. The summed E-state index contributed by atoms with van der Waals surface area (Å²) in [7, 11) is 2.98. The molecule has 0 N–H and O–H groups in total. The van der Waals surface area contributed by atoms with Gasteiger partial charge in [-0.2, -0.15) is 0 Å². The highest BCUT2D eigenvalue weighted by Crippen LogP contribution is 2.22. The van der Waals surface area contributed by atoms with Gasteiger partial charge in [0.1, 0.15) is 0 Å². The normalized spacial score (nSPS) is 10.3. The van der Waals surface area contributed by atoms with Crippen LogP contribution in [0.2, 0.25) is 0 Å². The molecule has 1 heterocycles. The van der Waals surface area contributed by atoms with Gasteiger partial charge in [-0.1, -0.05) is 12.1 Å². The maximum Gasteiger partial charge on any atom is 0.338 e. The number of esters is 1. The van der Waals surface area contributed by atoms with Crippen LogP contribution in [0.3, 0.4) is 0 Å². The van der Waals surface area contributed by atoms with Crippen molar-refractivity contribution in [2.75, 3.05) is 7.11 Å². The van der Waals surface area contributed by atoms with Crippen LogP contribution in [0.15, 0.2) is 41.3 Å². The summed E-state index contributed by atoms with van der Waals surface area (Å²) < 4.78 is 6.21. The third kappa shape index (κ3) is 2.42. The predicted molar refractivity (Wildman–Crippen MR) is 72.9 cm³/mol. The summed E-state index contributed by atoms with van der Waals surface area (Å²) in [5.41, 5.74) is 1.89. The molecule has 0 fully saturated rings. The average molecular weight is 256 g/mol. The molecule has 19 heavy (non-hydrogen) atoms. The lowest BCUT2D eigenvalue weighted by atomic mass is 9.99. The van der Waals surface area contributed by atoms with E-state index >= 15 is 0 Å². The molecular formula is C15H14NO3. The highest BCUT2D eigenvalue weighted by Gasteiger charge is 2.15. The molecule has 4 nitrogen and oxygen atoms in total. The van der Waals surface area contributed by atoms with Gasteiger partial charge in [0, 0.05) is 24.4 Å². The molecule has 0 aliphatic carbocycles. The molecule has 0 bridgehead atoms. The van der Waals surface area contributed by atoms with Crippen molar-refractivity contribution in [2.45, 2.75) is 0 Å². The quantitative estimate of drug-likeness (QED) is 0.772. The number of methoxy groups -OCH3 is 1. The van der Waals surface area contributed by atoms with E-state index in [1.165, 1.54) is 11.7 Å². The van der Waals surface area contributed by atoms with Crippen LogP contribution in [0.1, 0.15) is 15.9 Å². The van der Waals surface area contributed by atoms with E-state index in [2.05, 4.69) is 6.92 Å². The Balaban J connectivity index is 2.72. The van der Waals surface area contributed by atoms with Gasteiger partial charge in [0.25, 0.3) is 5.56 Å². The number of carbonyl (C=O) groups is 1. The zero-order valence-electron chi connectivity index (χ0n) is 10.8. The second-order valence-electron chi connectivity index (χ2n) is 4.21. The molecule has 0 aliphatic heterocycles. The first-order valence-electron chi connectivity index (χ1n) is 5.75. The van der Waals surface area contributed by atoms with Crippen molar-refractivity contribution < 1.29 is 9.53 Å². The number of rotatable bonds is 2. The molecule has 0 saturated heterocycles. The Kier molecular flexibility index (Phi) is 3.51. The average Bonchev–Trinajstić information content (AvgIpc) is 2.41. The summed E-state index contributed by atoms with van der Waals surface area (Å²) in [5, 5.41) is 0. The van der Waals surface area contributed by atoms with Crippen molar-refractivity contribution in [3.8, 4) is 11.1 Å². The number of nitrogens with zero attached hydrogens (tertiary/aromatic N) is 1. The van der Waals surface area contributed by atoms with Crippen LogP contribution in [-0.2, 0) is 11.8 Å². The van der Waals surface area contributed by atoms with Gasteiger partial charge in [0.05, 0.1) is 12.7 Å². The summed E-state index contributed by atoms with van der Waals surface area (Å²) in [6.07, 6.45) is 1.67. The van der Waals surface area contributed by atoms with Crippen LogP contribution >= 0.6 is 0 Å². The Bertz CT molecular complexity index is 686. The molecule has 1 aromatic heterocycles. The fraction of sp³-hybridized carbons (Fsp3) is 0.133. The highest BCUT2D eigenvalue weighted by molar-refractivity contribution is 5.97. The lowest BCUT2D eigenvalue weighted by molar-refractivity contribution is 0.0601. The number of pyridine rings is 1. The molecule has 1 aromatic carbocycles. The Labute approximate surface area is 111 Å². The van der Waals surface area contributed by atoms with Gasteiger partial charge in [-0.25, -0.2) is 4.79 Å². The van der Waals surface area contributed by atoms with Gasteiger partial charge in [-0.05, 0) is 30.7 Å². The molecular weight excluding hydrogens is 242 g/mol. The summed E-state index contributed by atoms with van der Waals surface area (Å²) in [6.45, 7) is 3.78. The van der Waals surface area contributed by atoms with E-state index in [1.54, 1.807) is 43.6 Å². The summed E-state index contributed by atoms with van der Waals surface area (Å²) in [6, 6.07) is 8.54. The van der Waals surface area contributed by atoms with E-state index in [-0.39, 0.29) is 5.56 Å². The smallest absolute Gasteiger partial charge is 0.338 e. The number of aryl methyl sites for hydroxylation is 1. The molecule has 2 rings (SSSR count). The lowest BCUT2D eigenvalue weighted by Crippen LogP contribution is -2.18. The largest absolute Gasteiger partial charge is 0.465 e. The van der Waals surface area contributed by atoms with Crippen molar-refractivity contribution in [3.05, 3.63) is 64.9 Å². The van der Waals surface area contributed by atoms with Crippen LogP contribution in [0.4, 0.5) is 0 Å². The SMILES string of the molecule is [CH2]c1ccc(-c2cccn(C)c2=O)c(C(=O)OC)c1. The molecule has 0 saturated carbocycles. The first-order chi connectivity index (χ1) is 9.04. The minimum Gasteiger partial charge on any atom is -0.465 e. The number of aromatic nitrogens is 1. The minimum absolute atomic E-state index is 0.163. The fourth-order valence-corrected chi connectivity index (χ4v) is 1.91. The Morgan fingerprint density at radius 2 is 2.00 bits per heavy atom. The van der Waals surface area contributed by atoms with Gasteiger partial charge in [-0.15, -0.1) is 0 Å². The number of benzene rings is 1. The van der Waals surface area contributed by atoms with Crippen LogP contribution in [0, 0.1) is 6.92 Å². The summed E-state index contributed by atoms with van der Waals surface area (Å²) in [4.78, 5) is 23.9. The third-order valence-electron chi connectivity index (χ3n) is 2.90. The van der Waals surface area contributed by atoms with Crippen molar-refractivity contribution in [1.82, 2.24) is 4.57 Å². The fourth-order valence-electron chi connectivity index (χ4n) is 1.91. The van der Waals surface area contributed by atoms with Gasteiger partial charge >= 0.3 is 5.97 Å². The number of ether oxygens (including phenoxy) is 1. The van der Waals surface area contributed by atoms with E-state index in [0.29, 0.717) is 22.3 Å². The lowest BCUT2D eigenvalue weighted by Gasteiger charge is -2.09. The summed E-state index contributed by atoms with van der Waals surface area (Å²) in [5.74, 6) is -0.480. The molecule has 0 amide bonds. The molecule has 4 heteroatoms. The van der Waals surface area contributed by atoms with Crippen molar-refractivity contribution in [1.29, 1.82) is 0 Å². The third-order valence-corrected chi connectivity index (χ3v) is 2.90. The topological polar surface area (TPSA) is 48.3 Å². The second-order valence-corrected chi connectivity index (χ2v) is 4.21. The van der Waals surface area contributed by atoms with E-state index < -0.39 is 5.97 Å². The standard InChI is InChI=1S/C15H14NO3/c1-10-6-7-11(13(9-10)15(18)19-3)12-5-4-8-16(2)14(12)17/h4-9H,1H2,2-3H3. The number of carbonyl (C=O) groups excluding carboxylic acids is 1. The van der Waals surface area contributed by atoms with Gasteiger partial charge in [0.15, 0.2) is 0 Å². The zero-order valence-corrected chi connectivity index (χ0v) is 10.8. The Hall–Kier alpha value is -2.36. The highest BCUT2D eigenvalue weighted by atomic mass is 16.5. The van der Waals surface area contributed by atoms with Gasteiger partial charge in [0.2, 0.25) is 0 Å². The number of hydrogen-bond acceptors (Lipinski definition) is 3. The van der Waals surface area contributed by atoms with E-state index in [0.717, 1.165) is 0 Å². The molecule has 97 valence electrons. The van der Waals surface area contributed by atoms with Crippen LogP contribution in [0.25, 0.3) is 11.1 Å². The van der Waals surface area contributed by atoms with Gasteiger partial charge < -0.3 is 9.30 Å². The molecule has 0 atom stereocenters. The molecule has 0 aliphatic rings.